The Kier molecular flexibility index (Phi) is 9.58. The van der Waals surface area contributed by atoms with Gasteiger partial charge in [-0.3, -0.25) is 0 Å². The summed E-state index contributed by atoms with van der Waals surface area (Å²) < 4.78 is 59.7. The van der Waals surface area contributed by atoms with Crippen molar-refractivity contribution < 1.29 is 21.9 Å². The van der Waals surface area contributed by atoms with Gasteiger partial charge in [0.2, 0.25) is 10.0 Å². The van der Waals surface area contributed by atoms with Gasteiger partial charge in [0.05, 0.1) is 34.9 Å². The van der Waals surface area contributed by atoms with E-state index in [9.17, 15) is 17.2 Å². The van der Waals surface area contributed by atoms with Crippen molar-refractivity contribution in [1.29, 1.82) is 0 Å². The van der Waals surface area contributed by atoms with Crippen LogP contribution in [0.2, 0.25) is 0 Å². The third-order valence-corrected chi connectivity index (χ3v) is 8.14. The molecule has 1 aliphatic heterocycles. The minimum atomic E-state index is -3.92. The zero-order valence-electron chi connectivity index (χ0n) is 24.7. The van der Waals surface area contributed by atoms with E-state index >= 15 is 0 Å². The van der Waals surface area contributed by atoms with E-state index in [2.05, 4.69) is 41.3 Å². The summed E-state index contributed by atoms with van der Waals surface area (Å²) in [6.07, 6.45) is 0.996. The molecule has 0 amide bonds. The van der Waals surface area contributed by atoms with Crippen LogP contribution in [0.1, 0.15) is 19.0 Å². The first-order chi connectivity index (χ1) is 19.5. The van der Waals surface area contributed by atoms with Gasteiger partial charge in [-0.25, -0.2) is 22.3 Å². The quantitative estimate of drug-likeness (QED) is 0.188. The molecule has 4 rings (SSSR count). The number of aromatic nitrogens is 1. The summed E-state index contributed by atoms with van der Waals surface area (Å²) in [5, 5.41) is 12.4. The highest BCUT2D eigenvalue weighted by molar-refractivity contribution is 7.89. The molecule has 0 spiro atoms. The number of hydrogen-bond donors (Lipinski definition) is 3. The van der Waals surface area contributed by atoms with Gasteiger partial charge in [0.1, 0.15) is 29.3 Å². The van der Waals surface area contributed by atoms with Crippen LogP contribution < -0.4 is 20.5 Å². The number of piperidine rings is 1. The minimum Gasteiger partial charge on any atom is -0.511 e. The zero-order chi connectivity index (χ0) is 30.9. The number of fused-ring (bicyclic) bond motifs is 1. The molecule has 2 aromatic carbocycles. The number of benzene rings is 2. The second kappa shape index (κ2) is 12.5. The molecular formula is C27H37B3F2N5O3PS. The van der Waals surface area contributed by atoms with Crippen LogP contribution in [-0.4, -0.2) is 85.1 Å². The Balaban J connectivity index is 1.62. The summed E-state index contributed by atoms with van der Waals surface area (Å²) >= 11 is 0. The van der Waals surface area contributed by atoms with Crippen LogP contribution in [0, 0.1) is 17.8 Å². The second-order valence-corrected chi connectivity index (χ2v) is 14.4. The Hall–Kier alpha value is -2.71. The Morgan fingerprint density at radius 3 is 2.57 bits per heavy atom. The van der Waals surface area contributed by atoms with Gasteiger partial charge in [0, 0.05) is 35.0 Å². The fourth-order valence-corrected chi connectivity index (χ4v) is 5.89. The Morgan fingerprint density at radius 2 is 1.93 bits per heavy atom. The molecule has 3 atom stereocenters. The van der Waals surface area contributed by atoms with Crippen LogP contribution in [0.15, 0.2) is 47.4 Å². The van der Waals surface area contributed by atoms with Gasteiger partial charge in [-0.05, 0) is 62.2 Å². The second-order valence-electron chi connectivity index (χ2n) is 12.0. The average molecular weight is 613 g/mol. The number of sulfonamides is 1. The normalized spacial score (nSPS) is 18.3. The maximum atomic E-state index is 14.3. The fourth-order valence-electron chi connectivity index (χ4n) is 5.18. The number of ether oxygens (including phenoxy) is 1. The van der Waals surface area contributed by atoms with Crippen molar-refractivity contribution >= 4 is 65.1 Å². The van der Waals surface area contributed by atoms with Crippen LogP contribution in [0.5, 0.6) is 5.75 Å². The van der Waals surface area contributed by atoms with Crippen molar-refractivity contribution in [2.45, 2.75) is 41.8 Å². The average Bonchev–Trinajstić information content (AvgIpc) is 3.19. The standard InChI is InChI=1S/C27H37B3F2N5O3PS/c1-17-15-36(2)12-10-21(17)35-22-6-3-7-24-20(22)13-18(37(24)16-26(31,32)41)5-4-11-34-23-9-8-19(42(33,38)39)14-25(23)40-27(28,29)30/h3,6-9,13-14,17,21,34-35H,10-12,15-16,28-30,41H2,1-2H3,(H2,33,38,39)/t17-,21+/m0/s1. The molecule has 0 saturated carbocycles. The zero-order valence-corrected chi connectivity index (χ0v) is 26.6. The number of primary sulfonamides is 1. The molecule has 1 unspecified atom stereocenters. The molecule has 0 aliphatic carbocycles. The SMILES string of the molecule is BC(B)(B)Oc1cc(S(N)(=O)=O)ccc1NCC#Cc1cc2c(N[C@@H]3CCN(C)C[C@@H]3C)cccc2n1CC(F)(F)P. The van der Waals surface area contributed by atoms with E-state index in [-0.39, 0.29) is 17.5 Å². The van der Waals surface area contributed by atoms with Crippen molar-refractivity contribution in [1.82, 2.24) is 9.47 Å². The van der Waals surface area contributed by atoms with Crippen LogP contribution in [-0.2, 0) is 16.6 Å². The van der Waals surface area contributed by atoms with Crippen LogP contribution in [0.3, 0.4) is 0 Å². The molecule has 8 nitrogen and oxygen atoms in total. The number of likely N-dealkylation sites (tertiary alicyclic amines) is 1. The van der Waals surface area contributed by atoms with Crippen molar-refractivity contribution in [3.05, 3.63) is 48.2 Å². The molecule has 222 valence electrons. The Morgan fingerprint density at radius 1 is 1.19 bits per heavy atom. The van der Waals surface area contributed by atoms with Gasteiger partial charge >= 0.3 is 0 Å². The van der Waals surface area contributed by atoms with E-state index in [0.29, 0.717) is 28.6 Å². The molecule has 0 bridgehead atoms. The molecule has 1 saturated heterocycles. The highest BCUT2D eigenvalue weighted by Gasteiger charge is 2.27. The van der Waals surface area contributed by atoms with Crippen molar-refractivity contribution in [3.63, 3.8) is 0 Å². The van der Waals surface area contributed by atoms with E-state index < -0.39 is 27.5 Å². The number of halogens is 2. The number of alkyl halides is 2. The lowest BCUT2D eigenvalue weighted by molar-refractivity contribution is 0.0851. The van der Waals surface area contributed by atoms with E-state index in [1.807, 2.05) is 47.8 Å². The van der Waals surface area contributed by atoms with Gasteiger partial charge in [-0.2, -0.15) is 0 Å². The van der Waals surface area contributed by atoms with Gasteiger partial charge in [-0.1, -0.05) is 28.2 Å². The predicted molar refractivity (Wildman–Crippen MR) is 177 cm³/mol. The maximum Gasteiger partial charge on any atom is 0.276 e. The van der Waals surface area contributed by atoms with Crippen molar-refractivity contribution in [2.75, 3.05) is 37.3 Å². The summed E-state index contributed by atoms with van der Waals surface area (Å²) in [6.45, 7) is 3.83. The van der Waals surface area contributed by atoms with Gasteiger partial charge in [-0.15, -0.1) is 0 Å². The molecule has 4 N–H and O–H groups in total. The summed E-state index contributed by atoms with van der Waals surface area (Å²) in [6, 6.07) is 12.2. The summed E-state index contributed by atoms with van der Waals surface area (Å²) in [5.41, 5.74) is -0.437. The topological polar surface area (TPSA) is 102 Å². The van der Waals surface area contributed by atoms with Crippen molar-refractivity contribution in [3.8, 4) is 17.6 Å². The molecule has 1 fully saturated rings. The summed E-state index contributed by atoms with van der Waals surface area (Å²) in [7, 11) is 5.35. The first-order valence-corrected chi connectivity index (χ1v) is 16.0. The Labute approximate surface area is 252 Å². The Bertz CT molecular complexity index is 1620. The fraction of sp³-hybridized carbons (Fsp3) is 0.407. The smallest absolute Gasteiger partial charge is 0.276 e. The molecule has 42 heavy (non-hydrogen) atoms. The predicted octanol–water partition coefficient (Wildman–Crippen LogP) is 0.862. The number of nitrogens with one attached hydrogen (secondary N) is 2. The molecule has 3 aromatic rings. The van der Waals surface area contributed by atoms with E-state index in [1.54, 1.807) is 19.9 Å². The highest BCUT2D eigenvalue weighted by atomic mass is 32.2. The monoisotopic (exact) mass is 613 g/mol. The first-order valence-electron chi connectivity index (χ1n) is 13.8. The van der Waals surface area contributed by atoms with E-state index in [0.717, 1.165) is 30.6 Å². The first kappa shape index (κ1) is 32.2. The van der Waals surface area contributed by atoms with Crippen LogP contribution in [0.4, 0.5) is 20.2 Å². The van der Waals surface area contributed by atoms with E-state index in [4.69, 9.17) is 9.88 Å². The molecule has 1 aliphatic rings. The lowest BCUT2D eigenvalue weighted by Crippen LogP contribution is -2.43. The molecule has 1 aromatic heterocycles. The third-order valence-electron chi connectivity index (χ3n) is 7.05. The van der Waals surface area contributed by atoms with Gasteiger partial charge in [0.15, 0.2) is 0 Å². The summed E-state index contributed by atoms with van der Waals surface area (Å²) in [4.78, 5) is 2.25. The van der Waals surface area contributed by atoms with Crippen molar-refractivity contribution in [2.24, 2.45) is 11.1 Å². The molecule has 15 heteroatoms. The molecule has 0 radical (unpaired) electrons. The summed E-state index contributed by atoms with van der Waals surface area (Å²) in [5.74, 6) is 6.84. The minimum absolute atomic E-state index is 0.0691. The number of anilines is 2. The van der Waals surface area contributed by atoms with E-state index in [1.165, 1.54) is 12.1 Å². The van der Waals surface area contributed by atoms with Gasteiger partial charge < -0.3 is 24.8 Å². The van der Waals surface area contributed by atoms with Crippen LogP contribution in [0.25, 0.3) is 10.9 Å². The molecular weight excluding hydrogens is 576 g/mol. The lowest BCUT2D eigenvalue weighted by Gasteiger charge is -2.36. The van der Waals surface area contributed by atoms with Crippen LogP contribution >= 0.6 is 9.24 Å². The number of nitrogens with zero attached hydrogens (tertiary/aromatic N) is 2. The molecule has 2 heterocycles. The largest absolute Gasteiger partial charge is 0.511 e. The maximum absolute atomic E-state index is 14.3. The van der Waals surface area contributed by atoms with Gasteiger partial charge in [0.25, 0.3) is 5.66 Å². The number of hydrogen-bond acceptors (Lipinski definition) is 6. The number of nitrogens with two attached hydrogens (primary N) is 1. The highest BCUT2D eigenvalue weighted by Crippen LogP contribution is 2.33. The lowest BCUT2D eigenvalue weighted by atomic mass is 9.52. The number of rotatable bonds is 9. The third kappa shape index (κ3) is 8.44.